The van der Waals surface area contributed by atoms with Gasteiger partial charge in [0, 0.05) is 24.5 Å². The molecule has 0 bridgehead atoms. The SMILES string of the molecule is S=c1cccc(Cc2cccnc2)[nH]1. The first kappa shape index (κ1) is 9.09. The monoisotopic (exact) mass is 202 g/mol. The molecule has 0 aliphatic heterocycles. The van der Waals surface area contributed by atoms with Crippen LogP contribution in [0.4, 0.5) is 0 Å². The van der Waals surface area contributed by atoms with Gasteiger partial charge in [-0.1, -0.05) is 24.4 Å². The molecule has 0 aliphatic rings. The Kier molecular flexibility index (Phi) is 2.70. The van der Waals surface area contributed by atoms with Gasteiger partial charge in [-0.25, -0.2) is 0 Å². The van der Waals surface area contributed by atoms with Gasteiger partial charge < -0.3 is 4.98 Å². The van der Waals surface area contributed by atoms with Crippen molar-refractivity contribution in [3.63, 3.8) is 0 Å². The summed E-state index contributed by atoms with van der Waals surface area (Å²) < 4.78 is 0.770. The van der Waals surface area contributed by atoms with Crippen molar-refractivity contribution in [1.82, 2.24) is 9.97 Å². The largest absolute Gasteiger partial charge is 0.350 e. The third kappa shape index (κ3) is 2.26. The first-order chi connectivity index (χ1) is 6.84. The summed E-state index contributed by atoms with van der Waals surface area (Å²) in [5, 5.41) is 0. The maximum atomic E-state index is 5.04. The minimum atomic E-state index is 0.770. The fourth-order valence-electron chi connectivity index (χ4n) is 1.32. The van der Waals surface area contributed by atoms with Gasteiger partial charge in [0.15, 0.2) is 0 Å². The Bertz CT molecular complexity index is 462. The van der Waals surface area contributed by atoms with Crippen LogP contribution < -0.4 is 0 Å². The van der Waals surface area contributed by atoms with E-state index in [1.54, 1.807) is 6.20 Å². The summed E-state index contributed by atoms with van der Waals surface area (Å²) in [6.07, 6.45) is 4.49. The van der Waals surface area contributed by atoms with Gasteiger partial charge in [0.25, 0.3) is 0 Å². The molecular weight excluding hydrogens is 192 g/mol. The Morgan fingerprint density at radius 2 is 2.14 bits per heavy atom. The second-order valence-electron chi connectivity index (χ2n) is 3.08. The Hall–Kier alpha value is -1.48. The quantitative estimate of drug-likeness (QED) is 0.758. The zero-order chi connectivity index (χ0) is 9.80. The molecule has 2 nitrogen and oxygen atoms in total. The standard InChI is InChI=1S/C11H10N2S/c14-11-5-1-4-10(13-11)7-9-3-2-6-12-8-9/h1-6,8H,7H2,(H,13,14). The lowest BCUT2D eigenvalue weighted by Gasteiger charge is -2.00. The molecule has 0 saturated carbocycles. The van der Waals surface area contributed by atoms with Gasteiger partial charge >= 0.3 is 0 Å². The van der Waals surface area contributed by atoms with Crippen LogP contribution in [0.15, 0.2) is 42.7 Å². The molecular formula is C11H10N2S. The Morgan fingerprint density at radius 1 is 1.21 bits per heavy atom. The molecule has 2 rings (SSSR count). The number of H-pyrrole nitrogens is 1. The van der Waals surface area contributed by atoms with E-state index in [0.717, 1.165) is 16.8 Å². The van der Waals surface area contributed by atoms with Gasteiger partial charge in [0.05, 0.1) is 0 Å². The van der Waals surface area contributed by atoms with Crippen molar-refractivity contribution in [1.29, 1.82) is 0 Å². The van der Waals surface area contributed by atoms with E-state index < -0.39 is 0 Å². The van der Waals surface area contributed by atoms with Crippen molar-refractivity contribution in [2.24, 2.45) is 0 Å². The van der Waals surface area contributed by atoms with Gasteiger partial charge in [-0.15, -0.1) is 0 Å². The van der Waals surface area contributed by atoms with E-state index in [1.807, 2.05) is 30.5 Å². The van der Waals surface area contributed by atoms with Crippen molar-refractivity contribution < 1.29 is 0 Å². The molecule has 0 radical (unpaired) electrons. The molecule has 0 spiro atoms. The number of aromatic amines is 1. The first-order valence-electron chi connectivity index (χ1n) is 4.42. The fraction of sp³-hybridized carbons (Fsp3) is 0.0909. The van der Waals surface area contributed by atoms with Crippen LogP contribution in [0.2, 0.25) is 0 Å². The summed E-state index contributed by atoms with van der Waals surface area (Å²) in [7, 11) is 0. The molecule has 0 fully saturated rings. The van der Waals surface area contributed by atoms with Gasteiger partial charge in [-0.05, 0) is 23.8 Å². The van der Waals surface area contributed by atoms with Gasteiger partial charge in [-0.3, -0.25) is 4.98 Å². The zero-order valence-corrected chi connectivity index (χ0v) is 8.42. The summed E-state index contributed by atoms with van der Waals surface area (Å²) in [6.45, 7) is 0. The molecule has 2 heterocycles. The second-order valence-corrected chi connectivity index (χ2v) is 3.52. The fourth-order valence-corrected chi connectivity index (χ4v) is 1.53. The molecule has 0 aliphatic carbocycles. The van der Waals surface area contributed by atoms with E-state index in [-0.39, 0.29) is 0 Å². The number of hydrogen-bond acceptors (Lipinski definition) is 2. The maximum absolute atomic E-state index is 5.04. The van der Waals surface area contributed by atoms with Crippen molar-refractivity contribution >= 4 is 12.2 Å². The summed E-state index contributed by atoms with van der Waals surface area (Å²) in [6, 6.07) is 9.86. The lowest BCUT2D eigenvalue weighted by atomic mass is 10.1. The molecule has 0 saturated heterocycles. The molecule has 1 N–H and O–H groups in total. The lowest BCUT2D eigenvalue weighted by molar-refractivity contribution is 1.05. The molecule has 14 heavy (non-hydrogen) atoms. The molecule has 3 heteroatoms. The van der Waals surface area contributed by atoms with E-state index in [9.17, 15) is 0 Å². The number of rotatable bonds is 2. The van der Waals surface area contributed by atoms with Crippen LogP contribution in [0.25, 0.3) is 0 Å². The van der Waals surface area contributed by atoms with Crippen LogP contribution in [0.3, 0.4) is 0 Å². The first-order valence-corrected chi connectivity index (χ1v) is 4.82. The highest BCUT2D eigenvalue weighted by Crippen LogP contribution is 2.04. The third-order valence-corrected chi connectivity index (χ3v) is 2.18. The predicted molar refractivity (Wildman–Crippen MR) is 58.7 cm³/mol. The summed E-state index contributed by atoms with van der Waals surface area (Å²) >= 11 is 5.04. The van der Waals surface area contributed by atoms with E-state index >= 15 is 0 Å². The summed E-state index contributed by atoms with van der Waals surface area (Å²) in [5.41, 5.74) is 2.30. The zero-order valence-electron chi connectivity index (χ0n) is 7.60. The normalized spacial score (nSPS) is 10.0. The van der Waals surface area contributed by atoms with Crippen molar-refractivity contribution in [2.45, 2.75) is 6.42 Å². The highest BCUT2D eigenvalue weighted by molar-refractivity contribution is 7.71. The van der Waals surface area contributed by atoms with Crippen molar-refractivity contribution in [2.75, 3.05) is 0 Å². The minimum Gasteiger partial charge on any atom is -0.350 e. The average molecular weight is 202 g/mol. The minimum absolute atomic E-state index is 0.770. The predicted octanol–water partition coefficient (Wildman–Crippen LogP) is 2.73. The van der Waals surface area contributed by atoms with Crippen LogP contribution in [0, 0.1) is 4.64 Å². The molecule has 2 aromatic heterocycles. The molecule has 2 aromatic rings. The third-order valence-electron chi connectivity index (χ3n) is 1.95. The molecule has 0 unspecified atom stereocenters. The van der Waals surface area contributed by atoms with Crippen LogP contribution in [-0.4, -0.2) is 9.97 Å². The van der Waals surface area contributed by atoms with E-state index in [2.05, 4.69) is 16.0 Å². The Balaban J connectivity index is 2.24. The molecule has 0 atom stereocenters. The Morgan fingerprint density at radius 3 is 2.86 bits per heavy atom. The average Bonchev–Trinajstić information content (AvgIpc) is 2.19. The van der Waals surface area contributed by atoms with Crippen LogP contribution in [0.5, 0.6) is 0 Å². The van der Waals surface area contributed by atoms with Crippen LogP contribution in [0.1, 0.15) is 11.3 Å². The van der Waals surface area contributed by atoms with Crippen molar-refractivity contribution in [3.8, 4) is 0 Å². The summed E-state index contributed by atoms with van der Waals surface area (Å²) in [5.74, 6) is 0. The summed E-state index contributed by atoms with van der Waals surface area (Å²) in [4.78, 5) is 7.21. The number of nitrogens with one attached hydrogen (secondary N) is 1. The Labute approximate surface area is 87.7 Å². The highest BCUT2D eigenvalue weighted by Gasteiger charge is 1.94. The van der Waals surface area contributed by atoms with E-state index in [1.165, 1.54) is 5.56 Å². The maximum Gasteiger partial charge on any atom is 0.103 e. The lowest BCUT2D eigenvalue weighted by Crippen LogP contribution is -1.91. The number of nitrogens with zero attached hydrogens (tertiary/aromatic N) is 1. The van der Waals surface area contributed by atoms with Gasteiger partial charge in [-0.2, -0.15) is 0 Å². The van der Waals surface area contributed by atoms with Crippen LogP contribution in [-0.2, 0) is 6.42 Å². The second kappa shape index (κ2) is 4.15. The van der Waals surface area contributed by atoms with Gasteiger partial charge in [0.2, 0.25) is 0 Å². The van der Waals surface area contributed by atoms with E-state index in [0.29, 0.717) is 0 Å². The highest BCUT2D eigenvalue weighted by atomic mass is 32.1. The number of aromatic nitrogens is 2. The molecule has 0 amide bonds. The van der Waals surface area contributed by atoms with E-state index in [4.69, 9.17) is 12.2 Å². The smallest absolute Gasteiger partial charge is 0.103 e. The van der Waals surface area contributed by atoms with Crippen molar-refractivity contribution in [3.05, 3.63) is 58.6 Å². The molecule has 0 aromatic carbocycles. The number of hydrogen-bond donors (Lipinski definition) is 1. The van der Waals surface area contributed by atoms with Gasteiger partial charge in [0.1, 0.15) is 4.64 Å². The number of pyridine rings is 2. The van der Waals surface area contributed by atoms with Crippen LogP contribution >= 0.6 is 12.2 Å². The molecule has 70 valence electrons. The topological polar surface area (TPSA) is 28.7 Å².